The molecule has 0 amide bonds. The van der Waals surface area contributed by atoms with Crippen LogP contribution in [0.3, 0.4) is 0 Å². The van der Waals surface area contributed by atoms with Crippen LogP contribution in [0.2, 0.25) is 0 Å². The molecule has 2 N–H and O–H groups in total. The van der Waals surface area contributed by atoms with Crippen LogP contribution in [0.15, 0.2) is 24.3 Å². The molecular weight excluding hydrogens is 186 g/mol. The van der Waals surface area contributed by atoms with Crippen LogP contribution in [-0.4, -0.2) is 13.2 Å². The largest absolute Gasteiger partial charge is 0.374 e. The highest BCUT2D eigenvalue weighted by molar-refractivity contribution is 5.24. The van der Waals surface area contributed by atoms with E-state index < -0.39 is 0 Å². The highest BCUT2D eigenvalue weighted by Crippen LogP contribution is 2.17. The zero-order valence-corrected chi connectivity index (χ0v) is 9.70. The Balaban J connectivity index is 2.54. The lowest BCUT2D eigenvalue weighted by atomic mass is 10.1. The summed E-state index contributed by atoms with van der Waals surface area (Å²) in [6.45, 7) is 5.75. The van der Waals surface area contributed by atoms with Gasteiger partial charge in [-0.3, -0.25) is 0 Å². The fraction of sp³-hybridized carbons (Fsp3) is 0.538. The molecule has 0 fully saturated rings. The molecule has 0 spiro atoms. The van der Waals surface area contributed by atoms with E-state index in [-0.39, 0.29) is 6.10 Å². The van der Waals surface area contributed by atoms with Crippen molar-refractivity contribution in [3.05, 3.63) is 35.4 Å². The number of ether oxygens (including phenoxy) is 1. The van der Waals surface area contributed by atoms with Gasteiger partial charge in [0.1, 0.15) is 0 Å². The van der Waals surface area contributed by atoms with Crippen molar-refractivity contribution in [1.82, 2.24) is 0 Å². The minimum Gasteiger partial charge on any atom is -0.374 e. The van der Waals surface area contributed by atoms with Gasteiger partial charge >= 0.3 is 0 Å². The van der Waals surface area contributed by atoms with Gasteiger partial charge in [-0.05, 0) is 37.4 Å². The summed E-state index contributed by atoms with van der Waals surface area (Å²) in [6.07, 6.45) is 2.21. The summed E-state index contributed by atoms with van der Waals surface area (Å²) in [7, 11) is 0. The number of hydrogen-bond donors (Lipinski definition) is 1. The van der Waals surface area contributed by atoms with E-state index in [1.807, 2.05) is 0 Å². The van der Waals surface area contributed by atoms with Gasteiger partial charge in [0, 0.05) is 6.61 Å². The fourth-order valence-electron chi connectivity index (χ4n) is 1.51. The summed E-state index contributed by atoms with van der Waals surface area (Å²) in [5, 5.41) is 0. The second-order valence-electron chi connectivity index (χ2n) is 3.79. The Kier molecular flexibility index (Phi) is 5.37. The molecule has 0 heterocycles. The fourth-order valence-corrected chi connectivity index (χ4v) is 1.51. The van der Waals surface area contributed by atoms with Crippen molar-refractivity contribution >= 4 is 0 Å². The predicted octanol–water partition coefficient (Wildman–Crippen LogP) is 2.68. The normalized spacial score (nSPS) is 12.7. The Morgan fingerprint density at radius 2 is 1.93 bits per heavy atom. The Morgan fingerprint density at radius 3 is 2.47 bits per heavy atom. The third kappa shape index (κ3) is 4.02. The second-order valence-corrected chi connectivity index (χ2v) is 3.79. The first-order chi connectivity index (χ1) is 7.27. The van der Waals surface area contributed by atoms with Gasteiger partial charge in [0.15, 0.2) is 0 Å². The summed E-state index contributed by atoms with van der Waals surface area (Å²) in [6, 6.07) is 8.53. The quantitative estimate of drug-likeness (QED) is 0.778. The van der Waals surface area contributed by atoms with Crippen LogP contribution in [0.4, 0.5) is 0 Å². The summed E-state index contributed by atoms with van der Waals surface area (Å²) in [5.41, 5.74) is 8.03. The number of benzene rings is 1. The highest BCUT2D eigenvalue weighted by atomic mass is 16.5. The molecule has 0 aliphatic carbocycles. The van der Waals surface area contributed by atoms with Crippen molar-refractivity contribution in [2.24, 2.45) is 5.73 Å². The molecular formula is C13H21NO. The van der Waals surface area contributed by atoms with E-state index in [1.54, 1.807) is 0 Å². The summed E-state index contributed by atoms with van der Waals surface area (Å²) >= 11 is 0. The van der Waals surface area contributed by atoms with E-state index in [1.165, 1.54) is 11.1 Å². The molecule has 0 unspecified atom stereocenters. The van der Waals surface area contributed by atoms with Gasteiger partial charge < -0.3 is 10.5 Å². The van der Waals surface area contributed by atoms with Crippen LogP contribution in [0.5, 0.6) is 0 Å². The summed E-state index contributed by atoms with van der Waals surface area (Å²) in [5.74, 6) is 0. The van der Waals surface area contributed by atoms with Gasteiger partial charge in [0.25, 0.3) is 0 Å². The topological polar surface area (TPSA) is 35.2 Å². The van der Waals surface area contributed by atoms with Crippen molar-refractivity contribution in [2.45, 2.75) is 32.8 Å². The number of nitrogens with two attached hydrogens (primary N) is 1. The molecule has 0 aliphatic heterocycles. The molecule has 15 heavy (non-hydrogen) atoms. The third-order valence-electron chi connectivity index (χ3n) is 2.45. The number of hydrogen-bond acceptors (Lipinski definition) is 2. The molecule has 0 saturated heterocycles. The molecule has 84 valence electrons. The third-order valence-corrected chi connectivity index (χ3v) is 2.45. The summed E-state index contributed by atoms with van der Waals surface area (Å²) in [4.78, 5) is 0. The molecule has 2 nitrogen and oxygen atoms in total. The molecule has 0 radical (unpaired) electrons. The smallest absolute Gasteiger partial charge is 0.0796 e. The van der Waals surface area contributed by atoms with Gasteiger partial charge in [-0.2, -0.15) is 0 Å². The average molecular weight is 207 g/mol. The molecule has 1 atom stereocenters. The van der Waals surface area contributed by atoms with Crippen LogP contribution in [-0.2, 0) is 11.2 Å². The number of rotatable bonds is 6. The lowest BCUT2D eigenvalue weighted by molar-refractivity contribution is 0.0662. The Labute approximate surface area is 92.4 Å². The molecule has 1 aromatic carbocycles. The highest BCUT2D eigenvalue weighted by Gasteiger charge is 2.04. The first-order valence-corrected chi connectivity index (χ1v) is 5.68. The molecule has 0 bridgehead atoms. The van der Waals surface area contributed by atoms with E-state index in [2.05, 4.69) is 38.1 Å². The van der Waals surface area contributed by atoms with Crippen molar-refractivity contribution in [1.29, 1.82) is 0 Å². The second kappa shape index (κ2) is 6.59. The van der Waals surface area contributed by atoms with Gasteiger partial charge in [-0.1, -0.05) is 31.2 Å². The first-order valence-electron chi connectivity index (χ1n) is 5.68. The van der Waals surface area contributed by atoms with Gasteiger partial charge in [-0.25, -0.2) is 0 Å². The van der Waals surface area contributed by atoms with Crippen molar-refractivity contribution in [3.8, 4) is 0 Å². The molecule has 0 aliphatic rings. The summed E-state index contributed by atoms with van der Waals surface area (Å²) < 4.78 is 5.65. The van der Waals surface area contributed by atoms with Gasteiger partial charge in [0.05, 0.1) is 6.10 Å². The van der Waals surface area contributed by atoms with Crippen molar-refractivity contribution in [3.63, 3.8) is 0 Å². The van der Waals surface area contributed by atoms with Crippen LogP contribution >= 0.6 is 0 Å². The zero-order chi connectivity index (χ0) is 11.1. The van der Waals surface area contributed by atoms with E-state index in [4.69, 9.17) is 10.5 Å². The van der Waals surface area contributed by atoms with Crippen molar-refractivity contribution in [2.75, 3.05) is 13.2 Å². The minimum absolute atomic E-state index is 0.192. The SMILES string of the molecule is CCCO[C@H](C)c1ccc(CCN)cc1. The Morgan fingerprint density at radius 1 is 1.27 bits per heavy atom. The Bertz CT molecular complexity index is 268. The van der Waals surface area contributed by atoms with Crippen LogP contribution in [0.1, 0.15) is 37.5 Å². The van der Waals surface area contributed by atoms with Crippen molar-refractivity contribution < 1.29 is 4.74 Å². The maximum atomic E-state index is 5.65. The maximum absolute atomic E-state index is 5.65. The zero-order valence-electron chi connectivity index (χ0n) is 9.70. The lowest BCUT2D eigenvalue weighted by Gasteiger charge is -2.13. The molecule has 0 aromatic heterocycles. The molecule has 2 heteroatoms. The van der Waals surface area contributed by atoms with Crippen LogP contribution in [0, 0.1) is 0 Å². The van der Waals surface area contributed by atoms with E-state index >= 15 is 0 Å². The Hall–Kier alpha value is -0.860. The maximum Gasteiger partial charge on any atom is 0.0796 e. The molecule has 1 rings (SSSR count). The predicted molar refractivity (Wildman–Crippen MR) is 63.9 cm³/mol. The van der Waals surface area contributed by atoms with E-state index in [0.29, 0.717) is 6.54 Å². The van der Waals surface area contributed by atoms with Crippen LogP contribution < -0.4 is 5.73 Å². The minimum atomic E-state index is 0.192. The van der Waals surface area contributed by atoms with E-state index in [9.17, 15) is 0 Å². The average Bonchev–Trinajstić information content (AvgIpc) is 2.27. The van der Waals surface area contributed by atoms with Crippen LogP contribution in [0.25, 0.3) is 0 Å². The standard InChI is InChI=1S/C13H21NO/c1-3-10-15-11(2)13-6-4-12(5-7-13)8-9-14/h4-7,11H,3,8-10,14H2,1-2H3/t11-/m1/s1. The lowest BCUT2D eigenvalue weighted by Crippen LogP contribution is -2.04. The van der Waals surface area contributed by atoms with Gasteiger partial charge in [0.2, 0.25) is 0 Å². The molecule has 0 saturated carbocycles. The monoisotopic (exact) mass is 207 g/mol. The molecule has 1 aromatic rings. The van der Waals surface area contributed by atoms with E-state index in [0.717, 1.165) is 19.4 Å². The van der Waals surface area contributed by atoms with Gasteiger partial charge in [-0.15, -0.1) is 0 Å². The first kappa shape index (κ1) is 12.2.